The van der Waals surface area contributed by atoms with Crippen molar-refractivity contribution >= 4 is 5.84 Å². The van der Waals surface area contributed by atoms with Crippen LogP contribution in [0.2, 0.25) is 0 Å². The summed E-state index contributed by atoms with van der Waals surface area (Å²) < 4.78 is 0. The molecule has 2 aromatic carbocycles. The number of hydrogen-bond donors (Lipinski definition) is 3. The van der Waals surface area contributed by atoms with Gasteiger partial charge < -0.3 is 11.5 Å². The zero-order valence-electron chi connectivity index (χ0n) is 17.2. The number of rotatable bonds is 3. The molecule has 0 unspecified atom stereocenters. The molecular formula is C24H35N3. The van der Waals surface area contributed by atoms with Crippen molar-refractivity contribution in [3.63, 3.8) is 0 Å². The third kappa shape index (κ3) is 21.0. The SMILES string of the molecule is C/C=C\C=C/C.C=C(C)CN.Cc1ccccc1.N=C(N)c1ccccc1. The maximum Gasteiger partial charge on any atom is 0.122 e. The van der Waals surface area contributed by atoms with Gasteiger partial charge in [0, 0.05) is 12.1 Å². The minimum Gasteiger partial charge on any atom is -0.384 e. The van der Waals surface area contributed by atoms with Crippen molar-refractivity contribution in [1.29, 1.82) is 5.41 Å². The van der Waals surface area contributed by atoms with Crippen molar-refractivity contribution in [3.8, 4) is 0 Å². The fraction of sp³-hybridized carbons (Fsp3) is 0.208. The van der Waals surface area contributed by atoms with Gasteiger partial charge >= 0.3 is 0 Å². The zero-order valence-corrected chi connectivity index (χ0v) is 17.2. The van der Waals surface area contributed by atoms with Gasteiger partial charge in [-0.1, -0.05) is 103 Å². The predicted octanol–water partition coefficient (Wildman–Crippen LogP) is 5.63. The van der Waals surface area contributed by atoms with Gasteiger partial charge in [0.15, 0.2) is 0 Å². The lowest BCUT2D eigenvalue weighted by molar-refractivity contribution is 1.15. The molecule has 0 radical (unpaired) electrons. The summed E-state index contributed by atoms with van der Waals surface area (Å²) in [6.45, 7) is 12.1. The zero-order chi connectivity index (χ0) is 20.9. The van der Waals surface area contributed by atoms with E-state index >= 15 is 0 Å². The van der Waals surface area contributed by atoms with Crippen LogP contribution in [-0.4, -0.2) is 12.4 Å². The van der Waals surface area contributed by atoms with E-state index in [4.69, 9.17) is 16.9 Å². The lowest BCUT2D eigenvalue weighted by Crippen LogP contribution is -2.10. The summed E-state index contributed by atoms with van der Waals surface area (Å²) in [5.74, 6) is 0.121. The number of nitrogen functional groups attached to an aromatic ring is 1. The maximum atomic E-state index is 7.01. The van der Waals surface area contributed by atoms with Crippen LogP contribution in [0.25, 0.3) is 0 Å². The Morgan fingerprint density at radius 2 is 1.30 bits per heavy atom. The van der Waals surface area contributed by atoms with Gasteiger partial charge in [0.25, 0.3) is 0 Å². The molecule has 0 aliphatic carbocycles. The Balaban J connectivity index is 0. The van der Waals surface area contributed by atoms with Gasteiger partial charge in [-0.2, -0.15) is 0 Å². The van der Waals surface area contributed by atoms with Crippen LogP contribution in [0.3, 0.4) is 0 Å². The normalized spacial score (nSPS) is 9.22. The van der Waals surface area contributed by atoms with Crippen LogP contribution >= 0.6 is 0 Å². The Morgan fingerprint density at radius 1 is 0.926 bits per heavy atom. The molecule has 0 aliphatic rings. The molecule has 2 rings (SSSR count). The van der Waals surface area contributed by atoms with E-state index < -0.39 is 0 Å². The highest BCUT2D eigenvalue weighted by Gasteiger charge is 1.89. The van der Waals surface area contributed by atoms with E-state index in [1.54, 1.807) is 0 Å². The van der Waals surface area contributed by atoms with Crippen molar-refractivity contribution in [2.45, 2.75) is 27.7 Å². The molecule has 0 aliphatic heterocycles. The van der Waals surface area contributed by atoms with E-state index in [1.807, 2.05) is 93.6 Å². The fourth-order valence-corrected chi connectivity index (χ4v) is 1.37. The van der Waals surface area contributed by atoms with Crippen molar-refractivity contribution in [2.24, 2.45) is 11.5 Å². The van der Waals surface area contributed by atoms with E-state index in [0.29, 0.717) is 6.54 Å². The third-order valence-electron chi connectivity index (χ3n) is 2.87. The molecule has 146 valence electrons. The van der Waals surface area contributed by atoms with Gasteiger partial charge in [0.1, 0.15) is 5.84 Å². The van der Waals surface area contributed by atoms with Crippen LogP contribution in [0.1, 0.15) is 31.9 Å². The van der Waals surface area contributed by atoms with Crippen LogP contribution in [0.4, 0.5) is 0 Å². The Labute approximate surface area is 165 Å². The molecule has 0 fully saturated rings. The van der Waals surface area contributed by atoms with Crippen LogP contribution in [0.15, 0.2) is 97.1 Å². The summed E-state index contributed by atoms with van der Waals surface area (Å²) in [6.07, 6.45) is 8.00. The van der Waals surface area contributed by atoms with Gasteiger partial charge in [-0.05, 0) is 27.7 Å². The van der Waals surface area contributed by atoms with Gasteiger partial charge in [0.05, 0.1) is 0 Å². The number of hydrogen-bond acceptors (Lipinski definition) is 2. The highest BCUT2D eigenvalue weighted by atomic mass is 14.7. The second-order valence-corrected chi connectivity index (χ2v) is 5.65. The molecular weight excluding hydrogens is 330 g/mol. The van der Waals surface area contributed by atoms with Crippen LogP contribution < -0.4 is 11.5 Å². The summed E-state index contributed by atoms with van der Waals surface area (Å²) in [5.41, 5.74) is 13.4. The number of amidine groups is 1. The van der Waals surface area contributed by atoms with Gasteiger partial charge in [-0.3, -0.25) is 5.41 Å². The number of allylic oxidation sites excluding steroid dienone is 4. The van der Waals surface area contributed by atoms with Crippen molar-refractivity contribution in [1.82, 2.24) is 0 Å². The number of nitrogens with one attached hydrogen (secondary N) is 1. The largest absolute Gasteiger partial charge is 0.384 e. The van der Waals surface area contributed by atoms with Crippen molar-refractivity contribution < 1.29 is 0 Å². The van der Waals surface area contributed by atoms with Gasteiger partial charge in [0.2, 0.25) is 0 Å². The monoisotopic (exact) mass is 365 g/mol. The Bertz CT molecular complexity index is 647. The number of aryl methyl sites for hydroxylation is 1. The van der Waals surface area contributed by atoms with Gasteiger partial charge in [-0.25, -0.2) is 0 Å². The molecule has 3 nitrogen and oxygen atoms in total. The summed E-state index contributed by atoms with van der Waals surface area (Å²) in [6, 6.07) is 19.5. The van der Waals surface area contributed by atoms with Crippen LogP contribution in [-0.2, 0) is 0 Å². The van der Waals surface area contributed by atoms with E-state index in [2.05, 4.69) is 25.6 Å². The molecule has 0 saturated carbocycles. The standard InChI is InChI=1S/C7H8N2.C7H8.C6H10.C4H9N/c8-7(9)6-4-2-1-3-5-6;1-7-5-3-2-4-6-7;1-3-5-6-4-2;1-4(2)3-5/h1-5H,(H3,8,9);2-6H,1H3;3-6H,1-2H3;1,3,5H2,2H3/b;;5-3-,6-4-;. The minimum absolute atomic E-state index is 0.121. The molecule has 3 heteroatoms. The first-order valence-corrected chi connectivity index (χ1v) is 8.88. The van der Waals surface area contributed by atoms with E-state index in [-0.39, 0.29) is 5.84 Å². The molecule has 27 heavy (non-hydrogen) atoms. The summed E-state index contributed by atoms with van der Waals surface area (Å²) in [5, 5.41) is 7.01. The summed E-state index contributed by atoms with van der Waals surface area (Å²) >= 11 is 0. The predicted molar refractivity (Wildman–Crippen MR) is 122 cm³/mol. The Hall–Kier alpha value is -2.91. The van der Waals surface area contributed by atoms with Crippen molar-refractivity contribution in [2.75, 3.05) is 6.54 Å². The minimum atomic E-state index is 0.121. The Kier molecular flexibility index (Phi) is 18.9. The quantitative estimate of drug-likeness (QED) is 0.285. The molecule has 0 aromatic heterocycles. The number of benzene rings is 2. The van der Waals surface area contributed by atoms with Crippen LogP contribution in [0, 0.1) is 12.3 Å². The molecule has 5 N–H and O–H groups in total. The smallest absolute Gasteiger partial charge is 0.122 e. The second kappa shape index (κ2) is 19.4. The maximum absolute atomic E-state index is 7.01. The average Bonchev–Trinajstić information content (AvgIpc) is 2.69. The van der Waals surface area contributed by atoms with Crippen LogP contribution in [0.5, 0.6) is 0 Å². The highest BCUT2D eigenvalue weighted by molar-refractivity contribution is 5.94. The van der Waals surface area contributed by atoms with E-state index in [1.165, 1.54) is 5.56 Å². The second-order valence-electron chi connectivity index (χ2n) is 5.65. The fourth-order valence-electron chi connectivity index (χ4n) is 1.37. The molecule has 0 atom stereocenters. The van der Waals surface area contributed by atoms with Crippen molar-refractivity contribution in [3.05, 3.63) is 108 Å². The molecule has 0 saturated heterocycles. The summed E-state index contributed by atoms with van der Waals surface area (Å²) in [4.78, 5) is 0. The van der Waals surface area contributed by atoms with E-state index in [9.17, 15) is 0 Å². The molecule has 2 aromatic rings. The van der Waals surface area contributed by atoms with E-state index in [0.717, 1.165) is 11.1 Å². The highest BCUT2D eigenvalue weighted by Crippen LogP contribution is 1.94. The Morgan fingerprint density at radius 3 is 1.48 bits per heavy atom. The first kappa shape index (κ1) is 26.3. The molecule has 0 bridgehead atoms. The summed E-state index contributed by atoms with van der Waals surface area (Å²) in [7, 11) is 0. The molecule has 0 spiro atoms. The lowest BCUT2D eigenvalue weighted by Gasteiger charge is -1.93. The molecule has 0 heterocycles. The topological polar surface area (TPSA) is 75.9 Å². The first-order valence-electron chi connectivity index (χ1n) is 8.88. The molecule has 0 amide bonds. The average molecular weight is 366 g/mol. The first-order chi connectivity index (χ1) is 12.9. The third-order valence-corrected chi connectivity index (χ3v) is 2.87. The number of nitrogens with two attached hydrogens (primary N) is 2. The lowest BCUT2D eigenvalue weighted by atomic mass is 10.2. The van der Waals surface area contributed by atoms with Gasteiger partial charge in [-0.15, -0.1) is 0 Å².